The molecule has 1 saturated heterocycles. The van der Waals surface area contributed by atoms with E-state index in [-0.39, 0.29) is 17.3 Å². The Bertz CT molecular complexity index is 467. The summed E-state index contributed by atoms with van der Waals surface area (Å²) < 4.78 is 0. The van der Waals surface area contributed by atoms with E-state index < -0.39 is 5.97 Å². The number of pyridine rings is 1. The lowest BCUT2D eigenvalue weighted by atomic mass is 10.2. The second kappa shape index (κ2) is 5.14. The average Bonchev–Trinajstić information content (AvgIpc) is 2.39. The van der Waals surface area contributed by atoms with Gasteiger partial charge in [-0.15, -0.1) is 0 Å². The molecule has 96 valence electrons. The fraction of sp³-hybridized carbons (Fsp3) is 0.417. The van der Waals surface area contributed by atoms with Gasteiger partial charge in [0.25, 0.3) is 5.91 Å². The van der Waals surface area contributed by atoms with Crippen molar-refractivity contribution in [2.75, 3.05) is 33.2 Å². The van der Waals surface area contributed by atoms with Crippen LogP contribution in [0.4, 0.5) is 0 Å². The van der Waals surface area contributed by atoms with Crippen molar-refractivity contribution in [3.05, 3.63) is 29.6 Å². The molecule has 6 heteroatoms. The predicted molar refractivity (Wildman–Crippen MR) is 64.6 cm³/mol. The molecule has 18 heavy (non-hydrogen) atoms. The SMILES string of the molecule is CN1CCN(C(=O)c2cccc(C(=O)O)n2)CC1. The highest BCUT2D eigenvalue weighted by molar-refractivity contribution is 5.94. The summed E-state index contributed by atoms with van der Waals surface area (Å²) in [6.07, 6.45) is 0. The van der Waals surface area contributed by atoms with E-state index in [1.54, 1.807) is 17.0 Å². The summed E-state index contributed by atoms with van der Waals surface area (Å²) in [5, 5.41) is 8.84. The first-order chi connectivity index (χ1) is 8.58. The summed E-state index contributed by atoms with van der Waals surface area (Å²) in [7, 11) is 2.01. The van der Waals surface area contributed by atoms with Gasteiger partial charge < -0.3 is 14.9 Å². The molecule has 1 aliphatic heterocycles. The van der Waals surface area contributed by atoms with Gasteiger partial charge in [-0.25, -0.2) is 9.78 Å². The number of nitrogens with zero attached hydrogens (tertiary/aromatic N) is 3. The minimum Gasteiger partial charge on any atom is -0.477 e. The van der Waals surface area contributed by atoms with Gasteiger partial charge in [-0.2, -0.15) is 0 Å². The lowest BCUT2D eigenvalue weighted by molar-refractivity contribution is 0.0657. The molecule has 0 saturated carbocycles. The van der Waals surface area contributed by atoms with Crippen molar-refractivity contribution in [1.29, 1.82) is 0 Å². The minimum absolute atomic E-state index is 0.102. The minimum atomic E-state index is -1.12. The molecule has 1 aromatic heterocycles. The molecule has 6 nitrogen and oxygen atoms in total. The molecule has 0 atom stereocenters. The number of carbonyl (C=O) groups excluding carboxylic acids is 1. The Balaban J connectivity index is 2.13. The van der Waals surface area contributed by atoms with Crippen LogP contribution in [-0.4, -0.2) is 65.0 Å². The molecule has 1 N–H and O–H groups in total. The molecule has 0 bridgehead atoms. The zero-order valence-electron chi connectivity index (χ0n) is 10.2. The van der Waals surface area contributed by atoms with Crippen LogP contribution in [0, 0.1) is 0 Å². The van der Waals surface area contributed by atoms with Gasteiger partial charge in [-0.05, 0) is 19.2 Å². The first kappa shape index (κ1) is 12.5. The van der Waals surface area contributed by atoms with E-state index in [4.69, 9.17) is 5.11 Å². The summed E-state index contributed by atoms with van der Waals surface area (Å²) >= 11 is 0. The second-order valence-corrected chi connectivity index (χ2v) is 4.31. The van der Waals surface area contributed by atoms with Crippen LogP contribution < -0.4 is 0 Å². The van der Waals surface area contributed by atoms with Crippen molar-refractivity contribution in [3.8, 4) is 0 Å². The van der Waals surface area contributed by atoms with Gasteiger partial charge in [0.2, 0.25) is 0 Å². The normalized spacial score (nSPS) is 16.6. The van der Waals surface area contributed by atoms with E-state index in [1.807, 2.05) is 7.05 Å². The molecule has 2 heterocycles. The first-order valence-corrected chi connectivity index (χ1v) is 5.76. The average molecular weight is 249 g/mol. The Labute approximate surface area is 105 Å². The predicted octanol–water partition coefficient (Wildman–Crippen LogP) is 0.167. The largest absolute Gasteiger partial charge is 0.477 e. The third kappa shape index (κ3) is 2.65. The molecule has 0 radical (unpaired) electrons. The highest BCUT2D eigenvalue weighted by atomic mass is 16.4. The highest BCUT2D eigenvalue weighted by Gasteiger charge is 2.21. The maximum Gasteiger partial charge on any atom is 0.354 e. The quantitative estimate of drug-likeness (QED) is 0.808. The Hall–Kier alpha value is -1.95. The summed E-state index contributed by atoms with van der Waals surface area (Å²) in [4.78, 5) is 30.6. The van der Waals surface area contributed by atoms with Gasteiger partial charge >= 0.3 is 5.97 Å². The summed E-state index contributed by atoms with van der Waals surface area (Å²) in [5.74, 6) is -1.32. The van der Waals surface area contributed by atoms with Gasteiger partial charge in [0.1, 0.15) is 11.4 Å². The molecule has 1 aliphatic rings. The third-order valence-electron chi connectivity index (χ3n) is 2.98. The van der Waals surface area contributed by atoms with Crippen molar-refractivity contribution >= 4 is 11.9 Å². The van der Waals surface area contributed by atoms with E-state index >= 15 is 0 Å². The molecule has 1 amide bonds. The number of aromatic nitrogens is 1. The van der Waals surface area contributed by atoms with Gasteiger partial charge in [0, 0.05) is 26.2 Å². The highest BCUT2D eigenvalue weighted by Crippen LogP contribution is 2.07. The van der Waals surface area contributed by atoms with Crippen LogP contribution in [0.2, 0.25) is 0 Å². The van der Waals surface area contributed by atoms with Crippen LogP contribution in [0.5, 0.6) is 0 Å². The number of rotatable bonds is 2. The third-order valence-corrected chi connectivity index (χ3v) is 2.98. The van der Waals surface area contributed by atoms with E-state index in [0.717, 1.165) is 13.1 Å². The molecule has 0 aromatic carbocycles. The molecule has 1 fully saturated rings. The number of carbonyl (C=O) groups is 2. The molecule has 0 aliphatic carbocycles. The van der Waals surface area contributed by atoms with Crippen molar-refractivity contribution < 1.29 is 14.7 Å². The maximum atomic E-state index is 12.1. The van der Waals surface area contributed by atoms with E-state index in [1.165, 1.54) is 6.07 Å². The summed E-state index contributed by atoms with van der Waals surface area (Å²) in [5.41, 5.74) is 0.0921. The number of hydrogen-bond acceptors (Lipinski definition) is 4. The molecule has 0 unspecified atom stereocenters. The molecule has 0 spiro atoms. The number of carboxylic acid groups (broad SMARTS) is 1. The number of piperazine rings is 1. The van der Waals surface area contributed by atoms with Crippen molar-refractivity contribution in [1.82, 2.24) is 14.8 Å². The van der Waals surface area contributed by atoms with E-state index in [0.29, 0.717) is 13.1 Å². The van der Waals surface area contributed by atoms with Gasteiger partial charge in [-0.1, -0.05) is 6.07 Å². The Morgan fingerprint density at radius 2 is 1.78 bits per heavy atom. The van der Waals surface area contributed by atoms with Crippen LogP contribution in [0.15, 0.2) is 18.2 Å². The first-order valence-electron chi connectivity index (χ1n) is 5.76. The van der Waals surface area contributed by atoms with Crippen molar-refractivity contribution in [2.45, 2.75) is 0 Å². The smallest absolute Gasteiger partial charge is 0.354 e. The standard InChI is InChI=1S/C12H15N3O3/c1-14-5-7-15(8-6-14)11(16)9-3-2-4-10(13-9)12(17)18/h2-4H,5-8H2,1H3,(H,17,18). The second-order valence-electron chi connectivity index (χ2n) is 4.31. The summed E-state index contributed by atoms with van der Waals surface area (Å²) in [6.45, 7) is 2.94. The number of aromatic carboxylic acids is 1. The molecule has 2 rings (SSSR count). The number of amides is 1. The maximum absolute atomic E-state index is 12.1. The fourth-order valence-electron chi connectivity index (χ4n) is 1.84. The number of likely N-dealkylation sites (N-methyl/N-ethyl adjacent to an activating group) is 1. The number of hydrogen-bond donors (Lipinski definition) is 1. The molecular formula is C12H15N3O3. The molecular weight excluding hydrogens is 234 g/mol. The Morgan fingerprint density at radius 1 is 1.17 bits per heavy atom. The lowest BCUT2D eigenvalue weighted by Crippen LogP contribution is -2.47. The van der Waals surface area contributed by atoms with Gasteiger partial charge in [0.05, 0.1) is 0 Å². The monoisotopic (exact) mass is 249 g/mol. The number of carboxylic acids is 1. The fourth-order valence-corrected chi connectivity index (χ4v) is 1.84. The van der Waals surface area contributed by atoms with Gasteiger partial charge in [-0.3, -0.25) is 4.79 Å². The lowest BCUT2D eigenvalue weighted by Gasteiger charge is -2.32. The van der Waals surface area contributed by atoms with Crippen LogP contribution >= 0.6 is 0 Å². The van der Waals surface area contributed by atoms with Crippen molar-refractivity contribution in [3.63, 3.8) is 0 Å². The Kier molecular flexibility index (Phi) is 3.57. The Morgan fingerprint density at radius 3 is 2.39 bits per heavy atom. The zero-order chi connectivity index (χ0) is 13.1. The zero-order valence-corrected chi connectivity index (χ0v) is 10.2. The molecule has 1 aromatic rings. The van der Waals surface area contributed by atoms with E-state index in [9.17, 15) is 9.59 Å². The van der Waals surface area contributed by atoms with Gasteiger partial charge in [0.15, 0.2) is 0 Å². The van der Waals surface area contributed by atoms with Crippen LogP contribution in [0.25, 0.3) is 0 Å². The van der Waals surface area contributed by atoms with E-state index in [2.05, 4.69) is 9.88 Å². The van der Waals surface area contributed by atoms with Crippen LogP contribution in [-0.2, 0) is 0 Å². The van der Waals surface area contributed by atoms with Crippen LogP contribution in [0.1, 0.15) is 21.0 Å². The summed E-state index contributed by atoms with van der Waals surface area (Å²) in [6, 6.07) is 4.47. The van der Waals surface area contributed by atoms with Crippen LogP contribution in [0.3, 0.4) is 0 Å². The topological polar surface area (TPSA) is 73.7 Å². The van der Waals surface area contributed by atoms with Crippen molar-refractivity contribution in [2.24, 2.45) is 0 Å².